The summed E-state index contributed by atoms with van der Waals surface area (Å²) in [4.78, 5) is 25.5. The normalized spacial score (nSPS) is 20.0. The second-order valence-corrected chi connectivity index (χ2v) is 4.67. The Balaban J connectivity index is 2.61. The first-order chi connectivity index (χ1) is 8.56. The third kappa shape index (κ3) is 4.27. The van der Waals surface area contributed by atoms with Crippen molar-refractivity contribution in [1.29, 1.82) is 0 Å². The lowest BCUT2D eigenvalue weighted by Crippen LogP contribution is -2.56. The maximum absolute atomic E-state index is 12.0. The highest BCUT2D eigenvalue weighted by molar-refractivity contribution is 5.88. The highest BCUT2D eigenvalue weighted by atomic mass is 16.5. The van der Waals surface area contributed by atoms with Crippen LogP contribution in [-0.2, 0) is 14.3 Å². The van der Waals surface area contributed by atoms with Gasteiger partial charge in [-0.2, -0.15) is 0 Å². The molecule has 6 heteroatoms. The number of hydrogen-bond acceptors (Lipinski definition) is 4. The van der Waals surface area contributed by atoms with Crippen molar-refractivity contribution in [3.8, 4) is 0 Å². The quantitative estimate of drug-likeness (QED) is 0.697. The summed E-state index contributed by atoms with van der Waals surface area (Å²) in [6.45, 7) is 4.86. The van der Waals surface area contributed by atoms with E-state index >= 15 is 0 Å². The number of carbonyl (C=O) groups is 2. The number of morpholine rings is 1. The van der Waals surface area contributed by atoms with Gasteiger partial charge in [-0.3, -0.25) is 9.59 Å². The molecule has 1 atom stereocenters. The summed E-state index contributed by atoms with van der Waals surface area (Å²) in [5, 5.41) is 11.5. The maximum Gasteiger partial charge on any atom is 0.245 e. The number of nitrogens with zero attached hydrogens (tertiary/aromatic N) is 1. The van der Waals surface area contributed by atoms with Crippen molar-refractivity contribution >= 4 is 11.8 Å². The van der Waals surface area contributed by atoms with Gasteiger partial charge in [-0.25, -0.2) is 0 Å². The van der Waals surface area contributed by atoms with Crippen LogP contribution in [0.1, 0.15) is 26.7 Å². The van der Waals surface area contributed by atoms with E-state index in [-0.39, 0.29) is 37.5 Å². The van der Waals surface area contributed by atoms with Gasteiger partial charge in [-0.05, 0) is 20.3 Å². The Labute approximate surface area is 107 Å². The van der Waals surface area contributed by atoms with Gasteiger partial charge in [0, 0.05) is 25.6 Å². The predicted molar refractivity (Wildman–Crippen MR) is 65.9 cm³/mol. The van der Waals surface area contributed by atoms with E-state index < -0.39 is 6.04 Å². The molecule has 1 heterocycles. The third-order valence-corrected chi connectivity index (χ3v) is 2.73. The van der Waals surface area contributed by atoms with Crippen molar-refractivity contribution < 1.29 is 19.4 Å². The summed E-state index contributed by atoms with van der Waals surface area (Å²) in [6, 6.07) is -0.513. The number of nitrogens with one attached hydrogen (secondary N) is 1. The topological polar surface area (TPSA) is 78.9 Å². The molecule has 2 N–H and O–H groups in total. The zero-order valence-electron chi connectivity index (χ0n) is 11.0. The number of amides is 2. The standard InChI is InChI=1S/C12H22N2O4/c1-9(2)13-12(17)10-8-18-7-5-14(10)11(16)4-3-6-15/h9-10,15H,3-8H2,1-2H3,(H,13,17). The molecule has 0 aromatic rings. The summed E-state index contributed by atoms with van der Waals surface area (Å²) in [6.07, 6.45) is 0.691. The van der Waals surface area contributed by atoms with Crippen LogP contribution in [0.3, 0.4) is 0 Å². The van der Waals surface area contributed by atoms with Crippen molar-refractivity contribution in [2.24, 2.45) is 0 Å². The van der Waals surface area contributed by atoms with Gasteiger partial charge in [0.15, 0.2) is 0 Å². The highest BCUT2D eigenvalue weighted by Crippen LogP contribution is 2.10. The van der Waals surface area contributed by atoms with E-state index in [1.807, 2.05) is 13.8 Å². The zero-order chi connectivity index (χ0) is 13.5. The fourth-order valence-corrected chi connectivity index (χ4v) is 1.87. The summed E-state index contributed by atoms with van der Waals surface area (Å²) < 4.78 is 5.27. The van der Waals surface area contributed by atoms with Gasteiger partial charge in [-0.1, -0.05) is 0 Å². The molecule has 1 rings (SSSR count). The molecule has 1 unspecified atom stereocenters. The summed E-state index contributed by atoms with van der Waals surface area (Å²) in [5.74, 6) is -0.279. The van der Waals surface area contributed by atoms with E-state index in [1.165, 1.54) is 0 Å². The number of aliphatic hydroxyl groups is 1. The minimum absolute atomic E-state index is 0.0149. The molecule has 2 amide bonds. The van der Waals surface area contributed by atoms with Crippen LogP contribution in [0.5, 0.6) is 0 Å². The van der Waals surface area contributed by atoms with E-state index in [2.05, 4.69) is 5.32 Å². The molecule has 1 saturated heterocycles. The van der Waals surface area contributed by atoms with Gasteiger partial charge < -0.3 is 20.1 Å². The van der Waals surface area contributed by atoms with Crippen LogP contribution in [0.4, 0.5) is 0 Å². The molecule has 1 aliphatic heterocycles. The number of ether oxygens (including phenoxy) is 1. The van der Waals surface area contributed by atoms with Crippen molar-refractivity contribution in [3.63, 3.8) is 0 Å². The number of aliphatic hydroxyl groups excluding tert-OH is 1. The monoisotopic (exact) mass is 258 g/mol. The van der Waals surface area contributed by atoms with Crippen molar-refractivity contribution in [1.82, 2.24) is 10.2 Å². The Morgan fingerprint density at radius 3 is 2.83 bits per heavy atom. The van der Waals surface area contributed by atoms with Gasteiger partial charge in [0.05, 0.1) is 13.2 Å². The number of carbonyl (C=O) groups excluding carboxylic acids is 2. The van der Waals surface area contributed by atoms with Crippen LogP contribution < -0.4 is 5.32 Å². The van der Waals surface area contributed by atoms with Crippen molar-refractivity contribution in [2.75, 3.05) is 26.4 Å². The highest BCUT2D eigenvalue weighted by Gasteiger charge is 2.32. The minimum atomic E-state index is -0.549. The Hall–Kier alpha value is -1.14. The first-order valence-corrected chi connectivity index (χ1v) is 6.34. The van der Waals surface area contributed by atoms with Crippen molar-refractivity contribution in [2.45, 2.75) is 38.8 Å². The van der Waals surface area contributed by atoms with Crippen LogP contribution >= 0.6 is 0 Å². The lowest BCUT2D eigenvalue weighted by Gasteiger charge is -2.35. The summed E-state index contributed by atoms with van der Waals surface area (Å²) in [7, 11) is 0. The van der Waals surface area contributed by atoms with E-state index in [1.54, 1.807) is 4.90 Å². The zero-order valence-corrected chi connectivity index (χ0v) is 11.0. The molecule has 18 heavy (non-hydrogen) atoms. The first kappa shape index (κ1) is 14.9. The average molecular weight is 258 g/mol. The fourth-order valence-electron chi connectivity index (χ4n) is 1.87. The van der Waals surface area contributed by atoms with Gasteiger partial charge >= 0.3 is 0 Å². The molecule has 0 aromatic carbocycles. The molecule has 6 nitrogen and oxygen atoms in total. The van der Waals surface area contributed by atoms with Gasteiger partial charge in [0.25, 0.3) is 0 Å². The van der Waals surface area contributed by atoms with Gasteiger partial charge in [0.2, 0.25) is 11.8 Å². The molecule has 104 valence electrons. The molecule has 1 fully saturated rings. The molecular weight excluding hydrogens is 236 g/mol. The van der Waals surface area contributed by atoms with E-state index in [0.717, 1.165) is 0 Å². The van der Waals surface area contributed by atoms with E-state index in [4.69, 9.17) is 9.84 Å². The van der Waals surface area contributed by atoms with Gasteiger partial charge in [-0.15, -0.1) is 0 Å². The smallest absolute Gasteiger partial charge is 0.245 e. The lowest BCUT2D eigenvalue weighted by molar-refractivity contribution is -0.148. The molecule has 0 bridgehead atoms. The number of hydrogen-bond donors (Lipinski definition) is 2. The second kappa shape index (κ2) is 7.33. The molecular formula is C12H22N2O4. The van der Waals surface area contributed by atoms with Crippen LogP contribution in [0.2, 0.25) is 0 Å². The largest absolute Gasteiger partial charge is 0.396 e. The average Bonchev–Trinajstić information content (AvgIpc) is 2.35. The summed E-state index contributed by atoms with van der Waals surface area (Å²) >= 11 is 0. The maximum atomic E-state index is 12.0. The molecule has 1 aliphatic rings. The van der Waals surface area contributed by atoms with Crippen LogP contribution in [0.25, 0.3) is 0 Å². The van der Waals surface area contributed by atoms with Crippen molar-refractivity contribution in [3.05, 3.63) is 0 Å². The fraction of sp³-hybridized carbons (Fsp3) is 0.833. The second-order valence-electron chi connectivity index (χ2n) is 4.67. The minimum Gasteiger partial charge on any atom is -0.396 e. The van der Waals surface area contributed by atoms with E-state index in [9.17, 15) is 9.59 Å². The molecule has 0 radical (unpaired) electrons. The van der Waals surface area contributed by atoms with Crippen LogP contribution in [0.15, 0.2) is 0 Å². The first-order valence-electron chi connectivity index (χ1n) is 6.34. The predicted octanol–water partition coefficient (Wildman–Crippen LogP) is -0.489. The lowest BCUT2D eigenvalue weighted by atomic mass is 10.1. The van der Waals surface area contributed by atoms with Crippen LogP contribution in [-0.4, -0.2) is 60.3 Å². The number of rotatable bonds is 5. The van der Waals surface area contributed by atoms with Gasteiger partial charge in [0.1, 0.15) is 6.04 Å². The molecule has 0 saturated carbocycles. The SMILES string of the molecule is CC(C)NC(=O)C1COCCN1C(=O)CCCO. The Kier molecular flexibility index (Phi) is 6.07. The molecule has 0 aliphatic carbocycles. The third-order valence-electron chi connectivity index (χ3n) is 2.73. The summed E-state index contributed by atoms with van der Waals surface area (Å²) in [5.41, 5.74) is 0. The van der Waals surface area contributed by atoms with Crippen LogP contribution in [0, 0.1) is 0 Å². The van der Waals surface area contributed by atoms with E-state index in [0.29, 0.717) is 19.6 Å². The molecule has 0 aromatic heterocycles. The Morgan fingerprint density at radius 1 is 1.50 bits per heavy atom. The molecule has 0 spiro atoms. The Morgan fingerprint density at radius 2 is 2.22 bits per heavy atom. The Bertz CT molecular complexity index is 294.